The second-order valence-electron chi connectivity index (χ2n) is 4.09. The molecule has 0 atom stereocenters. The van der Waals surface area contributed by atoms with Crippen molar-refractivity contribution in [2.24, 2.45) is 0 Å². The standard InChI is InChI=1S/C14H15ClN2O2/c15-12-5-3-11(4-6-12)8-17-14(18)10-16-9-13-2-1-7-19-13/h1-7,16H,8-10H2,(H,17,18). The molecule has 0 aliphatic rings. The molecule has 1 aromatic carbocycles. The summed E-state index contributed by atoms with van der Waals surface area (Å²) < 4.78 is 5.15. The van der Waals surface area contributed by atoms with E-state index >= 15 is 0 Å². The first-order chi connectivity index (χ1) is 9.24. The SMILES string of the molecule is O=C(CNCc1ccco1)NCc1ccc(Cl)cc1. The number of hydrogen-bond donors (Lipinski definition) is 2. The molecule has 4 nitrogen and oxygen atoms in total. The Morgan fingerprint density at radius 3 is 2.63 bits per heavy atom. The smallest absolute Gasteiger partial charge is 0.234 e. The van der Waals surface area contributed by atoms with E-state index in [1.54, 1.807) is 18.4 Å². The third kappa shape index (κ3) is 4.77. The molecule has 0 radical (unpaired) electrons. The van der Waals surface area contributed by atoms with E-state index in [1.807, 2.05) is 24.3 Å². The van der Waals surface area contributed by atoms with Crippen molar-refractivity contribution < 1.29 is 9.21 Å². The quantitative estimate of drug-likeness (QED) is 0.853. The zero-order chi connectivity index (χ0) is 13.5. The molecule has 0 fully saturated rings. The van der Waals surface area contributed by atoms with Crippen LogP contribution in [0.5, 0.6) is 0 Å². The Kier molecular flexibility index (Phi) is 5.01. The van der Waals surface area contributed by atoms with Gasteiger partial charge in [-0.3, -0.25) is 4.79 Å². The minimum atomic E-state index is -0.0542. The highest BCUT2D eigenvalue weighted by Crippen LogP contribution is 2.08. The number of benzene rings is 1. The fourth-order valence-corrected chi connectivity index (χ4v) is 1.70. The first-order valence-corrected chi connectivity index (χ1v) is 6.36. The zero-order valence-corrected chi connectivity index (χ0v) is 11.1. The van der Waals surface area contributed by atoms with Crippen molar-refractivity contribution in [2.75, 3.05) is 6.54 Å². The van der Waals surface area contributed by atoms with E-state index in [0.29, 0.717) is 18.1 Å². The van der Waals surface area contributed by atoms with Crippen LogP contribution in [0, 0.1) is 0 Å². The molecule has 1 aromatic heterocycles. The summed E-state index contributed by atoms with van der Waals surface area (Å²) >= 11 is 5.79. The molecule has 5 heteroatoms. The molecule has 2 rings (SSSR count). The largest absolute Gasteiger partial charge is 0.468 e. The molecular weight excluding hydrogens is 264 g/mol. The van der Waals surface area contributed by atoms with Crippen molar-refractivity contribution in [3.05, 3.63) is 59.0 Å². The Bertz CT molecular complexity index is 509. The van der Waals surface area contributed by atoms with E-state index in [0.717, 1.165) is 11.3 Å². The van der Waals surface area contributed by atoms with Crippen molar-refractivity contribution in [3.63, 3.8) is 0 Å². The van der Waals surface area contributed by atoms with Crippen molar-refractivity contribution in [2.45, 2.75) is 13.1 Å². The predicted molar refractivity (Wildman–Crippen MR) is 73.7 cm³/mol. The van der Waals surface area contributed by atoms with Crippen LogP contribution in [0.1, 0.15) is 11.3 Å². The molecule has 0 saturated carbocycles. The Balaban J connectivity index is 1.65. The number of nitrogens with one attached hydrogen (secondary N) is 2. The molecule has 0 bridgehead atoms. The number of carbonyl (C=O) groups excluding carboxylic acids is 1. The molecule has 0 aliphatic heterocycles. The van der Waals surface area contributed by atoms with E-state index in [9.17, 15) is 4.79 Å². The van der Waals surface area contributed by atoms with Gasteiger partial charge in [0.25, 0.3) is 0 Å². The molecule has 0 saturated heterocycles. The first-order valence-electron chi connectivity index (χ1n) is 5.98. The number of rotatable bonds is 6. The monoisotopic (exact) mass is 278 g/mol. The number of amides is 1. The molecule has 0 spiro atoms. The molecule has 2 N–H and O–H groups in total. The van der Waals surface area contributed by atoms with Gasteiger partial charge < -0.3 is 15.1 Å². The topological polar surface area (TPSA) is 54.3 Å². The van der Waals surface area contributed by atoms with Crippen LogP contribution < -0.4 is 10.6 Å². The molecule has 1 heterocycles. The lowest BCUT2D eigenvalue weighted by atomic mass is 10.2. The Morgan fingerprint density at radius 1 is 1.16 bits per heavy atom. The summed E-state index contributed by atoms with van der Waals surface area (Å²) in [6.07, 6.45) is 1.61. The predicted octanol–water partition coefficient (Wildman–Crippen LogP) is 2.34. The first kappa shape index (κ1) is 13.6. The van der Waals surface area contributed by atoms with Gasteiger partial charge in [-0.15, -0.1) is 0 Å². The van der Waals surface area contributed by atoms with Gasteiger partial charge >= 0.3 is 0 Å². The molecular formula is C14H15ClN2O2. The fourth-order valence-electron chi connectivity index (χ4n) is 1.58. The second-order valence-corrected chi connectivity index (χ2v) is 4.52. The minimum Gasteiger partial charge on any atom is -0.468 e. The highest BCUT2D eigenvalue weighted by Gasteiger charge is 2.02. The van der Waals surface area contributed by atoms with Crippen molar-refractivity contribution >= 4 is 17.5 Å². The van der Waals surface area contributed by atoms with Gasteiger partial charge in [-0.25, -0.2) is 0 Å². The molecule has 2 aromatic rings. The number of halogens is 1. The molecule has 1 amide bonds. The van der Waals surface area contributed by atoms with E-state index < -0.39 is 0 Å². The van der Waals surface area contributed by atoms with Crippen LogP contribution in [0.25, 0.3) is 0 Å². The summed E-state index contributed by atoms with van der Waals surface area (Å²) in [6, 6.07) is 11.1. The molecule has 0 unspecified atom stereocenters. The average Bonchev–Trinajstić information content (AvgIpc) is 2.91. The summed E-state index contributed by atoms with van der Waals surface area (Å²) in [5.41, 5.74) is 1.02. The normalized spacial score (nSPS) is 10.4. The highest BCUT2D eigenvalue weighted by atomic mass is 35.5. The van der Waals surface area contributed by atoms with Gasteiger partial charge in [0.1, 0.15) is 5.76 Å². The van der Waals surface area contributed by atoms with Crippen molar-refractivity contribution in [3.8, 4) is 0 Å². The van der Waals surface area contributed by atoms with Gasteiger partial charge in [-0.1, -0.05) is 23.7 Å². The maximum Gasteiger partial charge on any atom is 0.234 e. The van der Waals surface area contributed by atoms with Crippen molar-refractivity contribution in [1.82, 2.24) is 10.6 Å². The van der Waals surface area contributed by atoms with Crippen LogP contribution in [0.2, 0.25) is 5.02 Å². The van der Waals surface area contributed by atoms with Gasteiger partial charge in [-0.2, -0.15) is 0 Å². The van der Waals surface area contributed by atoms with E-state index in [2.05, 4.69) is 10.6 Å². The van der Waals surface area contributed by atoms with Gasteiger partial charge in [0, 0.05) is 11.6 Å². The number of furan rings is 1. The van der Waals surface area contributed by atoms with Gasteiger partial charge in [-0.05, 0) is 29.8 Å². The summed E-state index contributed by atoms with van der Waals surface area (Å²) in [6.45, 7) is 1.30. The summed E-state index contributed by atoms with van der Waals surface area (Å²) in [5, 5.41) is 6.52. The van der Waals surface area contributed by atoms with Crippen LogP contribution in [-0.4, -0.2) is 12.5 Å². The van der Waals surface area contributed by atoms with Gasteiger partial charge in [0.15, 0.2) is 0 Å². The minimum absolute atomic E-state index is 0.0542. The molecule has 0 aliphatic carbocycles. The lowest BCUT2D eigenvalue weighted by Crippen LogP contribution is -2.33. The number of hydrogen-bond acceptors (Lipinski definition) is 3. The molecule has 19 heavy (non-hydrogen) atoms. The Hall–Kier alpha value is -1.78. The zero-order valence-electron chi connectivity index (χ0n) is 10.4. The van der Waals surface area contributed by atoms with Crippen LogP contribution in [0.4, 0.5) is 0 Å². The van der Waals surface area contributed by atoms with Crippen LogP contribution in [-0.2, 0) is 17.9 Å². The highest BCUT2D eigenvalue weighted by molar-refractivity contribution is 6.30. The van der Waals surface area contributed by atoms with Crippen molar-refractivity contribution in [1.29, 1.82) is 0 Å². The van der Waals surface area contributed by atoms with Crippen LogP contribution >= 0.6 is 11.6 Å². The summed E-state index contributed by atoms with van der Waals surface area (Å²) in [5.74, 6) is 0.756. The van der Waals surface area contributed by atoms with Gasteiger partial charge in [0.05, 0.1) is 19.4 Å². The van der Waals surface area contributed by atoms with Crippen LogP contribution in [0.15, 0.2) is 47.1 Å². The maximum absolute atomic E-state index is 11.6. The maximum atomic E-state index is 11.6. The Labute approximate surface area is 116 Å². The second kappa shape index (κ2) is 6.97. The van der Waals surface area contributed by atoms with E-state index in [4.69, 9.17) is 16.0 Å². The fraction of sp³-hybridized carbons (Fsp3) is 0.214. The lowest BCUT2D eigenvalue weighted by molar-refractivity contribution is -0.120. The van der Waals surface area contributed by atoms with E-state index in [-0.39, 0.29) is 12.5 Å². The summed E-state index contributed by atoms with van der Waals surface area (Å²) in [4.78, 5) is 11.6. The van der Waals surface area contributed by atoms with E-state index in [1.165, 1.54) is 0 Å². The molecule has 100 valence electrons. The third-order valence-corrected chi connectivity index (χ3v) is 2.82. The lowest BCUT2D eigenvalue weighted by Gasteiger charge is -2.06. The van der Waals surface area contributed by atoms with Gasteiger partial charge in [0.2, 0.25) is 5.91 Å². The average molecular weight is 279 g/mol. The summed E-state index contributed by atoms with van der Waals surface area (Å²) in [7, 11) is 0. The third-order valence-electron chi connectivity index (χ3n) is 2.57. The number of carbonyl (C=O) groups is 1. The Morgan fingerprint density at radius 2 is 1.95 bits per heavy atom. The van der Waals surface area contributed by atoms with Crippen LogP contribution in [0.3, 0.4) is 0 Å².